The highest BCUT2D eigenvalue weighted by molar-refractivity contribution is 9.10. The Hall–Kier alpha value is -2.81. The fourth-order valence-corrected chi connectivity index (χ4v) is 3.07. The molecule has 0 radical (unpaired) electrons. The third-order valence-corrected chi connectivity index (χ3v) is 4.58. The molecule has 8 nitrogen and oxygen atoms in total. The minimum Gasteiger partial charge on any atom is -0.483 e. The number of fused-ring (bicyclic) bond motifs is 1. The van der Waals surface area contributed by atoms with Crippen LogP contribution in [0, 0.1) is 0 Å². The van der Waals surface area contributed by atoms with E-state index in [1.807, 2.05) is 30.3 Å². The molecule has 0 fully saturated rings. The minimum atomic E-state index is -1.13. The molecule has 0 aliphatic heterocycles. The number of carbonyl (C=O) groups excluding carboxylic acids is 1. The van der Waals surface area contributed by atoms with Gasteiger partial charge in [0.05, 0.1) is 4.47 Å². The SMILES string of the molecule is NC(N)=NCCCC(NC(=O)COc1ccc2ccccc2c1Br)C(=O)O. The van der Waals surface area contributed by atoms with E-state index < -0.39 is 17.9 Å². The molecule has 1 amide bonds. The van der Waals surface area contributed by atoms with E-state index in [1.165, 1.54) is 0 Å². The largest absolute Gasteiger partial charge is 0.483 e. The van der Waals surface area contributed by atoms with Crippen LogP contribution < -0.4 is 21.5 Å². The molecule has 144 valence electrons. The monoisotopic (exact) mass is 436 g/mol. The Morgan fingerprint density at radius 1 is 1.22 bits per heavy atom. The Morgan fingerprint density at radius 3 is 2.67 bits per heavy atom. The summed E-state index contributed by atoms with van der Waals surface area (Å²) in [5.41, 5.74) is 10.4. The van der Waals surface area contributed by atoms with Crippen molar-refractivity contribution in [1.29, 1.82) is 0 Å². The Bertz CT molecular complexity index is 852. The molecular weight excluding hydrogens is 416 g/mol. The molecule has 1 atom stereocenters. The molecule has 6 N–H and O–H groups in total. The van der Waals surface area contributed by atoms with Crippen molar-refractivity contribution in [1.82, 2.24) is 5.32 Å². The summed E-state index contributed by atoms with van der Waals surface area (Å²) in [7, 11) is 0. The van der Waals surface area contributed by atoms with Gasteiger partial charge in [0.1, 0.15) is 11.8 Å². The predicted molar refractivity (Wildman–Crippen MR) is 107 cm³/mol. The maximum atomic E-state index is 12.1. The first-order valence-corrected chi connectivity index (χ1v) is 9.05. The maximum Gasteiger partial charge on any atom is 0.326 e. The first-order chi connectivity index (χ1) is 12.9. The Balaban J connectivity index is 1.91. The smallest absolute Gasteiger partial charge is 0.326 e. The second-order valence-electron chi connectivity index (χ2n) is 5.79. The van der Waals surface area contributed by atoms with Crippen LogP contribution in [-0.4, -0.2) is 42.1 Å². The van der Waals surface area contributed by atoms with Gasteiger partial charge in [0.2, 0.25) is 0 Å². The number of hydrogen-bond donors (Lipinski definition) is 4. The number of nitrogens with zero attached hydrogens (tertiary/aromatic N) is 1. The standard InChI is InChI=1S/C18H21BrN4O4/c19-16-12-5-2-1-4-11(12)7-8-14(16)27-10-15(24)23-13(17(25)26)6-3-9-22-18(20)21/h1-2,4-5,7-8,13H,3,6,9-10H2,(H,23,24)(H,25,26)(H4,20,21,22). The number of halogens is 1. The second kappa shape index (κ2) is 9.77. The van der Waals surface area contributed by atoms with Gasteiger partial charge in [0.25, 0.3) is 5.91 Å². The van der Waals surface area contributed by atoms with Crippen molar-refractivity contribution in [3.05, 3.63) is 40.9 Å². The number of nitrogens with two attached hydrogens (primary N) is 2. The van der Waals surface area contributed by atoms with Crippen LogP contribution >= 0.6 is 15.9 Å². The number of carboxylic acids is 1. The van der Waals surface area contributed by atoms with Crippen molar-refractivity contribution in [3.63, 3.8) is 0 Å². The van der Waals surface area contributed by atoms with Gasteiger partial charge in [-0.1, -0.05) is 30.3 Å². The van der Waals surface area contributed by atoms with Crippen LogP contribution in [-0.2, 0) is 9.59 Å². The summed E-state index contributed by atoms with van der Waals surface area (Å²) in [5, 5.41) is 13.7. The second-order valence-corrected chi connectivity index (χ2v) is 6.59. The van der Waals surface area contributed by atoms with Crippen LogP contribution in [0.25, 0.3) is 10.8 Å². The Kier molecular flexibility index (Phi) is 7.42. The van der Waals surface area contributed by atoms with E-state index in [0.29, 0.717) is 18.7 Å². The van der Waals surface area contributed by atoms with E-state index in [4.69, 9.17) is 16.2 Å². The van der Waals surface area contributed by atoms with Gasteiger partial charge in [-0.3, -0.25) is 9.79 Å². The van der Waals surface area contributed by atoms with Crippen molar-refractivity contribution in [2.24, 2.45) is 16.5 Å². The molecule has 0 saturated carbocycles. The molecule has 0 aliphatic carbocycles. The number of rotatable bonds is 9. The van der Waals surface area contributed by atoms with E-state index in [2.05, 4.69) is 26.2 Å². The molecule has 9 heteroatoms. The van der Waals surface area contributed by atoms with Crippen LogP contribution in [0.5, 0.6) is 5.75 Å². The molecule has 0 spiro atoms. The molecular formula is C18H21BrN4O4. The van der Waals surface area contributed by atoms with Gasteiger partial charge in [0.15, 0.2) is 12.6 Å². The molecule has 0 heterocycles. The number of hydrogen-bond acceptors (Lipinski definition) is 4. The Labute approximate surface area is 164 Å². The zero-order chi connectivity index (χ0) is 19.8. The van der Waals surface area contributed by atoms with Gasteiger partial charge < -0.3 is 26.6 Å². The number of ether oxygens (including phenoxy) is 1. The van der Waals surface area contributed by atoms with E-state index in [-0.39, 0.29) is 19.0 Å². The fraction of sp³-hybridized carbons (Fsp3) is 0.278. The normalized spacial score (nSPS) is 11.6. The van der Waals surface area contributed by atoms with Crippen molar-refractivity contribution in [3.8, 4) is 5.75 Å². The zero-order valence-corrected chi connectivity index (χ0v) is 16.1. The summed E-state index contributed by atoms with van der Waals surface area (Å²) in [4.78, 5) is 27.1. The number of aliphatic carboxylic acids is 1. The molecule has 27 heavy (non-hydrogen) atoms. The zero-order valence-electron chi connectivity index (χ0n) is 14.5. The van der Waals surface area contributed by atoms with Gasteiger partial charge in [-0.25, -0.2) is 4.79 Å². The van der Waals surface area contributed by atoms with Gasteiger partial charge in [0, 0.05) is 6.54 Å². The van der Waals surface area contributed by atoms with Crippen molar-refractivity contribution >= 4 is 44.5 Å². The molecule has 0 aliphatic rings. The highest BCUT2D eigenvalue weighted by atomic mass is 79.9. The van der Waals surface area contributed by atoms with Crippen LogP contribution in [0.3, 0.4) is 0 Å². The summed E-state index contributed by atoms with van der Waals surface area (Å²) in [6.45, 7) is -0.00284. The van der Waals surface area contributed by atoms with Gasteiger partial charge in [-0.15, -0.1) is 0 Å². The first-order valence-electron chi connectivity index (χ1n) is 8.26. The molecule has 0 aromatic heterocycles. The van der Waals surface area contributed by atoms with E-state index in [0.717, 1.165) is 15.2 Å². The topological polar surface area (TPSA) is 140 Å². The minimum absolute atomic E-state index is 0.0553. The quantitative estimate of drug-likeness (QED) is 0.267. The van der Waals surface area contributed by atoms with Gasteiger partial charge >= 0.3 is 5.97 Å². The summed E-state index contributed by atoms with van der Waals surface area (Å²) in [5.74, 6) is -1.20. The average molecular weight is 437 g/mol. The third kappa shape index (κ3) is 6.14. The highest BCUT2D eigenvalue weighted by Gasteiger charge is 2.20. The van der Waals surface area contributed by atoms with Crippen LogP contribution in [0.1, 0.15) is 12.8 Å². The number of benzene rings is 2. The lowest BCUT2D eigenvalue weighted by Gasteiger charge is -2.15. The first kappa shape index (κ1) is 20.5. The summed E-state index contributed by atoms with van der Waals surface area (Å²) >= 11 is 3.48. The molecule has 2 aromatic rings. The number of aliphatic imine (C=N–C) groups is 1. The molecule has 0 saturated heterocycles. The van der Waals surface area contributed by atoms with Crippen LogP contribution in [0.15, 0.2) is 45.9 Å². The van der Waals surface area contributed by atoms with E-state index >= 15 is 0 Å². The number of guanidine groups is 1. The number of carboxylic acid groups (broad SMARTS) is 1. The van der Waals surface area contributed by atoms with E-state index in [1.54, 1.807) is 6.07 Å². The van der Waals surface area contributed by atoms with Crippen molar-refractivity contribution < 1.29 is 19.4 Å². The molecule has 2 rings (SSSR count). The van der Waals surface area contributed by atoms with Crippen molar-refractivity contribution in [2.45, 2.75) is 18.9 Å². The van der Waals surface area contributed by atoms with Crippen LogP contribution in [0.4, 0.5) is 0 Å². The third-order valence-electron chi connectivity index (χ3n) is 3.77. The lowest BCUT2D eigenvalue weighted by molar-refractivity contribution is -0.142. The highest BCUT2D eigenvalue weighted by Crippen LogP contribution is 2.32. The Morgan fingerprint density at radius 2 is 1.96 bits per heavy atom. The molecule has 2 aromatic carbocycles. The molecule has 0 bridgehead atoms. The fourth-order valence-electron chi connectivity index (χ4n) is 2.47. The lowest BCUT2D eigenvalue weighted by Crippen LogP contribution is -2.43. The summed E-state index contributed by atoms with van der Waals surface area (Å²) in [6, 6.07) is 10.3. The predicted octanol–water partition coefficient (Wildman–Crippen LogP) is 1.60. The number of nitrogens with one attached hydrogen (secondary N) is 1. The van der Waals surface area contributed by atoms with Crippen molar-refractivity contribution in [2.75, 3.05) is 13.2 Å². The maximum absolute atomic E-state index is 12.1. The lowest BCUT2D eigenvalue weighted by atomic mass is 10.1. The number of carbonyl (C=O) groups is 2. The number of amides is 1. The molecule has 1 unspecified atom stereocenters. The summed E-state index contributed by atoms with van der Waals surface area (Å²) < 4.78 is 6.27. The van der Waals surface area contributed by atoms with E-state index in [9.17, 15) is 14.7 Å². The van der Waals surface area contributed by atoms with Gasteiger partial charge in [-0.05, 0) is 45.6 Å². The van der Waals surface area contributed by atoms with Gasteiger partial charge in [-0.2, -0.15) is 0 Å². The average Bonchev–Trinajstić information content (AvgIpc) is 2.63. The summed E-state index contributed by atoms with van der Waals surface area (Å²) in [6.07, 6.45) is 0.629. The van der Waals surface area contributed by atoms with Crippen LogP contribution in [0.2, 0.25) is 0 Å².